The van der Waals surface area contributed by atoms with E-state index < -0.39 is 0 Å². The molecule has 0 bridgehead atoms. The second-order valence-electron chi connectivity index (χ2n) is 5.40. The molecular weight excluding hydrogens is 308 g/mol. The highest BCUT2D eigenvalue weighted by Crippen LogP contribution is 2.22. The van der Waals surface area contributed by atoms with Crippen molar-refractivity contribution < 1.29 is 4.79 Å². The maximum atomic E-state index is 12.3. The van der Waals surface area contributed by atoms with E-state index in [2.05, 4.69) is 24.0 Å². The maximum Gasteiger partial charge on any atom is 0.233 e. The van der Waals surface area contributed by atoms with Gasteiger partial charge in [0.25, 0.3) is 0 Å². The molecule has 23 heavy (non-hydrogen) atoms. The highest BCUT2D eigenvalue weighted by molar-refractivity contribution is 7.99. The van der Waals surface area contributed by atoms with Crippen molar-refractivity contribution in [2.75, 3.05) is 18.8 Å². The van der Waals surface area contributed by atoms with E-state index in [9.17, 15) is 4.79 Å². The lowest BCUT2D eigenvalue weighted by Crippen LogP contribution is -2.33. The minimum absolute atomic E-state index is 0.169. The lowest BCUT2D eigenvalue weighted by molar-refractivity contribution is -0.128. The number of carbonyl (C=O) groups excluding carboxylic acids is 1. The van der Waals surface area contributed by atoms with E-state index in [1.54, 1.807) is 0 Å². The lowest BCUT2D eigenvalue weighted by Gasteiger charge is -2.21. The minimum Gasteiger partial charge on any atom is -0.342 e. The first kappa shape index (κ1) is 17.5. The molecule has 2 rings (SSSR count). The number of thioether (sulfide) groups is 1. The normalized spacial score (nSPS) is 10.7. The third-order valence-electron chi connectivity index (χ3n) is 3.53. The van der Waals surface area contributed by atoms with Gasteiger partial charge in [-0.25, -0.2) is 0 Å². The third-order valence-corrected chi connectivity index (χ3v) is 4.54. The second kappa shape index (κ2) is 8.72. The largest absolute Gasteiger partial charge is 0.342 e. The Morgan fingerprint density at radius 3 is 2.39 bits per heavy atom. The first-order valence-corrected chi connectivity index (χ1v) is 9.01. The molecule has 1 heterocycles. The fraction of sp³-hybridized carbons (Fsp3) is 0.471. The molecule has 0 spiro atoms. The van der Waals surface area contributed by atoms with E-state index in [-0.39, 0.29) is 5.91 Å². The van der Waals surface area contributed by atoms with Crippen LogP contribution in [0.3, 0.4) is 0 Å². The zero-order valence-corrected chi connectivity index (χ0v) is 14.8. The third kappa shape index (κ3) is 4.58. The van der Waals surface area contributed by atoms with Gasteiger partial charge in [-0.1, -0.05) is 55.9 Å². The second-order valence-corrected chi connectivity index (χ2v) is 6.34. The zero-order valence-electron chi connectivity index (χ0n) is 14.0. The highest BCUT2D eigenvalue weighted by atomic mass is 32.2. The van der Waals surface area contributed by atoms with E-state index in [0.29, 0.717) is 5.75 Å². The van der Waals surface area contributed by atoms with Crippen molar-refractivity contribution in [3.63, 3.8) is 0 Å². The van der Waals surface area contributed by atoms with E-state index in [1.807, 2.05) is 46.8 Å². The Bertz CT molecular complexity index is 621. The first-order valence-electron chi connectivity index (χ1n) is 8.02. The van der Waals surface area contributed by atoms with Crippen LogP contribution in [0.25, 0.3) is 11.4 Å². The Morgan fingerprint density at radius 1 is 1.13 bits per heavy atom. The van der Waals surface area contributed by atoms with Crippen LogP contribution in [-0.2, 0) is 11.8 Å². The van der Waals surface area contributed by atoms with Crippen molar-refractivity contribution >= 4 is 17.7 Å². The molecule has 0 N–H and O–H groups in total. The van der Waals surface area contributed by atoms with Crippen molar-refractivity contribution in [1.29, 1.82) is 0 Å². The van der Waals surface area contributed by atoms with Gasteiger partial charge in [0, 0.05) is 25.7 Å². The molecule has 6 heteroatoms. The highest BCUT2D eigenvalue weighted by Gasteiger charge is 2.16. The van der Waals surface area contributed by atoms with E-state index in [0.717, 1.165) is 42.5 Å². The topological polar surface area (TPSA) is 51.0 Å². The molecule has 0 unspecified atom stereocenters. The molecule has 0 saturated carbocycles. The van der Waals surface area contributed by atoms with E-state index in [1.165, 1.54) is 11.8 Å². The molecule has 124 valence electrons. The molecule has 0 fully saturated rings. The molecule has 1 amide bonds. The number of nitrogens with zero attached hydrogens (tertiary/aromatic N) is 4. The quantitative estimate of drug-likeness (QED) is 0.697. The van der Waals surface area contributed by atoms with Crippen LogP contribution < -0.4 is 0 Å². The summed E-state index contributed by atoms with van der Waals surface area (Å²) < 4.78 is 1.94. The first-order chi connectivity index (χ1) is 11.2. The molecule has 0 saturated heterocycles. The Morgan fingerprint density at radius 2 is 1.78 bits per heavy atom. The van der Waals surface area contributed by atoms with Gasteiger partial charge in [0.1, 0.15) is 0 Å². The Kier molecular flexibility index (Phi) is 6.65. The van der Waals surface area contributed by atoms with E-state index in [4.69, 9.17) is 0 Å². The van der Waals surface area contributed by atoms with Gasteiger partial charge in [-0.3, -0.25) is 4.79 Å². The summed E-state index contributed by atoms with van der Waals surface area (Å²) in [5.41, 5.74) is 1.03. The Labute approximate surface area is 142 Å². The van der Waals surface area contributed by atoms with Gasteiger partial charge in [0.05, 0.1) is 5.75 Å². The predicted octanol–water partition coefficient (Wildman–Crippen LogP) is 3.22. The van der Waals surface area contributed by atoms with Gasteiger partial charge in [-0.05, 0) is 12.8 Å². The number of carbonyl (C=O) groups is 1. The predicted molar refractivity (Wildman–Crippen MR) is 94.3 cm³/mol. The molecule has 0 radical (unpaired) electrons. The monoisotopic (exact) mass is 332 g/mol. The standard InChI is InChI=1S/C17H24N4OS/c1-4-11-21(12-5-2)15(22)13-23-17-19-18-16(20(17)3)14-9-7-6-8-10-14/h6-10H,4-5,11-13H2,1-3H3. The number of amides is 1. The van der Waals surface area contributed by atoms with Crippen LogP contribution in [0.2, 0.25) is 0 Å². The fourth-order valence-corrected chi connectivity index (χ4v) is 3.21. The van der Waals surface area contributed by atoms with Crippen LogP contribution in [0.1, 0.15) is 26.7 Å². The zero-order chi connectivity index (χ0) is 16.7. The molecule has 1 aromatic carbocycles. The molecular formula is C17H24N4OS. The van der Waals surface area contributed by atoms with Crippen molar-refractivity contribution in [3.05, 3.63) is 30.3 Å². The summed E-state index contributed by atoms with van der Waals surface area (Å²) in [5.74, 6) is 1.39. The fourth-order valence-electron chi connectivity index (χ4n) is 2.40. The van der Waals surface area contributed by atoms with Crippen molar-refractivity contribution in [2.45, 2.75) is 31.8 Å². The molecule has 1 aromatic heterocycles. The summed E-state index contributed by atoms with van der Waals surface area (Å²) in [6, 6.07) is 9.95. The maximum absolute atomic E-state index is 12.3. The van der Waals surface area contributed by atoms with Gasteiger partial charge in [-0.15, -0.1) is 10.2 Å². The molecule has 0 aliphatic heterocycles. The van der Waals surface area contributed by atoms with Gasteiger partial charge >= 0.3 is 0 Å². The van der Waals surface area contributed by atoms with Gasteiger partial charge in [-0.2, -0.15) is 0 Å². The van der Waals surface area contributed by atoms with Crippen molar-refractivity contribution in [3.8, 4) is 11.4 Å². The number of benzene rings is 1. The molecule has 0 aliphatic carbocycles. The smallest absolute Gasteiger partial charge is 0.233 e. The lowest BCUT2D eigenvalue weighted by atomic mass is 10.2. The SMILES string of the molecule is CCCN(CCC)C(=O)CSc1nnc(-c2ccccc2)n1C. The van der Waals surface area contributed by atoms with Gasteiger partial charge in [0.15, 0.2) is 11.0 Å². The summed E-state index contributed by atoms with van der Waals surface area (Å²) in [5, 5.41) is 9.24. The van der Waals surface area contributed by atoms with Crippen LogP contribution >= 0.6 is 11.8 Å². The van der Waals surface area contributed by atoms with Crippen LogP contribution in [0.5, 0.6) is 0 Å². The molecule has 0 atom stereocenters. The van der Waals surface area contributed by atoms with E-state index >= 15 is 0 Å². The summed E-state index contributed by atoms with van der Waals surface area (Å²) in [6.07, 6.45) is 1.97. The summed E-state index contributed by atoms with van der Waals surface area (Å²) >= 11 is 1.45. The van der Waals surface area contributed by atoms with Crippen LogP contribution in [0.4, 0.5) is 0 Å². The van der Waals surface area contributed by atoms with Gasteiger partial charge in [0.2, 0.25) is 5.91 Å². The minimum atomic E-state index is 0.169. The summed E-state index contributed by atoms with van der Waals surface area (Å²) in [7, 11) is 1.94. The molecule has 5 nitrogen and oxygen atoms in total. The van der Waals surface area contributed by atoms with Gasteiger partial charge < -0.3 is 9.47 Å². The average Bonchev–Trinajstić information content (AvgIpc) is 2.94. The molecule has 2 aromatic rings. The number of hydrogen-bond acceptors (Lipinski definition) is 4. The molecule has 0 aliphatic rings. The number of hydrogen-bond donors (Lipinski definition) is 0. The number of aromatic nitrogens is 3. The van der Waals surface area contributed by atoms with Crippen LogP contribution in [-0.4, -0.2) is 44.4 Å². The summed E-state index contributed by atoms with van der Waals surface area (Å²) in [6.45, 7) is 5.83. The van der Waals surface area contributed by atoms with Crippen LogP contribution in [0.15, 0.2) is 35.5 Å². The summed E-state index contributed by atoms with van der Waals surface area (Å²) in [4.78, 5) is 14.3. The Hall–Kier alpha value is -1.82. The number of rotatable bonds is 8. The van der Waals surface area contributed by atoms with Crippen molar-refractivity contribution in [2.24, 2.45) is 7.05 Å². The van der Waals surface area contributed by atoms with Crippen LogP contribution in [0, 0.1) is 0 Å². The van der Waals surface area contributed by atoms with Crippen molar-refractivity contribution in [1.82, 2.24) is 19.7 Å². The Balaban J connectivity index is 2.01. The average molecular weight is 332 g/mol.